The normalized spacial score (nSPS) is 13.4. The zero-order valence-electron chi connectivity index (χ0n) is 8.54. The Bertz CT molecular complexity index is 443. The monoisotopic (exact) mass is 189 g/mol. The van der Waals surface area contributed by atoms with Gasteiger partial charge in [-0.25, -0.2) is 0 Å². The summed E-state index contributed by atoms with van der Waals surface area (Å²) in [5.74, 6) is 0. The lowest BCUT2D eigenvalue weighted by molar-refractivity contribution is 0.196. The average molecular weight is 189 g/mol. The summed E-state index contributed by atoms with van der Waals surface area (Å²) in [4.78, 5) is 3.32. The van der Waals surface area contributed by atoms with Crippen molar-refractivity contribution in [3.63, 3.8) is 0 Å². The summed E-state index contributed by atoms with van der Waals surface area (Å²) in [6.07, 6.45) is 0.418. The van der Waals surface area contributed by atoms with Crippen molar-refractivity contribution in [3.05, 3.63) is 35.5 Å². The van der Waals surface area contributed by atoms with Gasteiger partial charge in [0.15, 0.2) is 0 Å². The second-order valence-corrected chi connectivity index (χ2v) is 3.89. The van der Waals surface area contributed by atoms with Gasteiger partial charge >= 0.3 is 0 Å². The highest BCUT2D eigenvalue weighted by atomic mass is 16.3. The van der Waals surface area contributed by atoms with E-state index in [1.54, 1.807) is 0 Å². The molecule has 2 nitrogen and oxygen atoms in total. The number of hydrogen-bond donors (Lipinski definition) is 2. The molecule has 0 aliphatic heterocycles. The number of fused-ring (bicyclic) bond motifs is 1. The fourth-order valence-electron chi connectivity index (χ4n) is 1.85. The summed E-state index contributed by atoms with van der Waals surface area (Å²) in [6.45, 7) is 3.86. The molecule has 0 fully saturated rings. The van der Waals surface area contributed by atoms with Gasteiger partial charge in [-0.15, -0.1) is 0 Å². The quantitative estimate of drug-likeness (QED) is 0.747. The molecule has 1 heterocycles. The molecule has 1 unspecified atom stereocenters. The Morgan fingerprint density at radius 1 is 1.43 bits per heavy atom. The molecule has 0 bridgehead atoms. The molecule has 0 saturated carbocycles. The van der Waals surface area contributed by atoms with Crippen molar-refractivity contribution in [2.75, 3.05) is 0 Å². The topological polar surface area (TPSA) is 36.0 Å². The summed E-state index contributed by atoms with van der Waals surface area (Å²) in [5.41, 5.74) is 3.51. The van der Waals surface area contributed by atoms with Crippen LogP contribution in [0.2, 0.25) is 0 Å². The van der Waals surface area contributed by atoms with E-state index in [2.05, 4.69) is 23.2 Å². The van der Waals surface area contributed by atoms with E-state index in [1.165, 1.54) is 10.9 Å². The van der Waals surface area contributed by atoms with E-state index in [-0.39, 0.29) is 6.10 Å². The average Bonchev–Trinajstić information content (AvgIpc) is 2.45. The lowest BCUT2D eigenvalue weighted by Gasteiger charge is -2.05. The fraction of sp³-hybridized carbons (Fsp3) is 0.333. The number of benzene rings is 1. The van der Waals surface area contributed by atoms with Gasteiger partial charge in [0.1, 0.15) is 0 Å². The van der Waals surface area contributed by atoms with E-state index in [4.69, 9.17) is 0 Å². The number of aliphatic hydroxyl groups excluding tert-OH is 1. The largest absolute Gasteiger partial charge is 0.393 e. The minimum Gasteiger partial charge on any atom is -0.393 e. The third kappa shape index (κ3) is 1.66. The highest BCUT2D eigenvalue weighted by Crippen LogP contribution is 2.20. The molecular weight excluding hydrogens is 174 g/mol. The molecule has 1 aromatic carbocycles. The predicted molar refractivity (Wildman–Crippen MR) is 58.4 cm³/mol. The molecule has 2 aromatic rings. The van der Waals surface area contributed by atoms with Gasteiger partial charge in [0.2, 0.25) is 0 Å². The molecule has 0 aliphatic rings. The van der Waals surface area contributed by atoms with Crippen LogP contribution in [0.1, 0.15) is 18.2 Å². The SMILES string of the molecule is Cc1cc2cccc(CC(C)O)c2[nH]1. The van der Waals surface area contributed by atoms with Gasteiger partial charge in [-0.3, -0.25) is 0 Å². The van der Waals surface area contributed by atoms with Crippen molar-refractivity contribution >= 4 is 10.9 Å². The molecule has 0 amide bonds. The second-order valence-electron chi connectivity index (χ2n) is 3.89. The number of aromatic nitrogens is 1. The van der Waals surface area contributed by atoms with Gasteiger partial charge in [-0.2, -0.15) is 0 Å². The van der Waals surface area contributed by atoms with Crippen LogP contribution in [0.5, 0.6) is 0 Å². The number of aromatic amines is 1. The van der Waals surface area contributed by atoms with Gasteiger partial charge in [0.25, 0.3) is 0 Å². The van der Waals surface area contributed by atoms with E-state index < -0.39 is 0 Å². The van der Waals surface area contributed by atoms with E-state index in [1.807, 2.05) is 19.9 Å². The lowest BCUT2D eigenvalue weighted by atomic mass is 10.1. The number of rotatable bonds is 2. The van der Waals surface area contributed by atoms with E-state index in [0.29, 0.717) is 6.42 Å². The maximum atomic E-state index is 9.36. The molecular formula is C12H15NO. The number of aliphatic hydroxyl groups is 1. The Labute approximate surface area is 83.6 Å². The summed E-state index contributed by atoms with van der Waals surface area (Å²) in [5, 5.41) is 10.6. The van der Waals surface area contributed by atoms with Crippen molar-refractivity contribution in [2.45, 2.75) is 26.4 Å². The molecule has 14 heavy (non-hydrogen) atoms. The van der Waals surface area contributed by atoms with Crippen LogP contribution in [0.25, 0.3) is 10.9 Å². The first-order valence-electron chi connectivity index (χ1n) is 4.92. The van der Waals surface area contributed by atoms with E-state index >= 15 is 0 Å². The minimum atomic E-state index is -0.288. The van der Waals surface area contributed by atoms with Crippen LogP contribution in [-0.2, 0) is 6.42 Å². The van der Waals surface area contributed by atoms with Crippen LogP contribution in [0.4, 0.5) is 0 Å². The van der Waals surface area contributed by atoms with Crippen molar-refractivity contribution in [1.82, 2.24) is 4.98 Å². The van der Waals surface area contributed by atoms with Crippen molar-refractivity contribution in [1.29, 1.82) is 0 Å². The minimum absolute atomic E-state index is 0.288. The summed E-state index contributed by atoms with van der Waals surface area (Å²) < 4.78 is 0. The Morgan fingerprint density at radius 2 is 2.21 bits per heavy atom. The summed E-state index contributed by atoms with van der Waals surface area (Å²) in [7, 11) is 0. The van der Waals surface area contributed by atoms with Crippen LogP contribution in [-0.4, -0.2) is 16.2 Å². The van der Waals surface area contributed by atoms with Gasteiger partial charge in [0, 0.05) is 17.6 Å². The van der Waals surface area contributed by atoms with E-state index in [0.717, 1.165) is 11.2 Å². The Balaban J connectivity index is 2.53. The Morgan fingerprint density at radius 3 is 2.93 bits per heavy atom. The first-order valence-corrected chi connectivity index (χ1v) is 4.92. The molecule has 0 aliphatic carbocycles. The predicted octanol–water partition coefficient (Wildman–Crippen LogP) is 2.40. The molecule has 0 saturated heterocycles. The number of para-hydroxylation sites is 1. The highest BCUT2D eigenvalue weighted by molar-refractivity contribution is 5.83. The third-order valence-corrected chi connectivity index (χ3v) is 2.39. The molecule has 0 radical (unpaired) electrons. The van der Waals surface area contributed by atoms with E-state index in [9.17, 15) is 5.11 Å². The van der Waals surface area contributed by atoms with Crippen LogP contribution < -0.4 is 0 Å². The van der Waals surface area contributed by atoms with Crippen molar-refractivity contribution in [2.24, 2.45) is 0 Å². The van der Waals surface area contributed by atoms with Crippen LogP contribution in [0, 0.1) is 6.92 Å². The standard InChI is InChI=1S/C12H15NO/c1-8-6-10-4-3-5-11(7-9(2)14)12(10)13-8/h3-6,9,13-14H,7H2,1-2H3. The molecule has 74 valence electrons. The van der Waals surface area contributed by atoms with Crippen LogP contribution in [0.15, 0.2) is 24.3 Å². The first-order chi connectivity index (χ1) is 6.66. The summed E-state index contributed by atoms with van der Waals surface area (Å²) >= 11 is 0. The first kappa shape index (κ1) is 9.28. The number of nitrogens with one attached hydrogen (secondary N) is 1. The number of H-pyrrole nitrogens is 1. The fourth-order valence-corrected chi connectivity index (χ4v) is 1.85. The van der Waals surface area contributed by atoms with Gasteiger partial charge in [-0.05, 0) is 30.9 Å². The zero-order chi connectivity index (χ0) is 10.1. The van der Waals surface area contributed by atoms with Crippen LogP contribution >= 0.6 is 0 Å². The molecule has 1 aromatic heterocycles. The smallest absolute Gasteiger partial charge is 0.0553 e. The van der Waals surface area contributed by atoms with Crippen LogP contribution in [0.3, 0.4) is 0 Å². The van der Waals surface area contributed by atoms with Gasteiger partial charge in [-0.1, -0.05) is 18.2 Å². The maximum absolute atomic E-state index is 9.36. The van der Waals surface area contributed by atoms with Crippen molar-refractivity contribution < 1.29 is 5.11 Å². The Kier molecular flexibility index (Phi) is 2.30. The van der Waals surface area contributed by atoms with Gasteiger partial charge in [0.05, 0.1) is 6.10 Å². The molecule has 0 spiro atoms. The number of hydrogen-bond acceptors (Lipinski definition) is 1. The second kappa shape index (κ2) is 3.46. The Hall–Kier alpha value is -1.28. The highest BCUT2D eigenvalue weighted by Gasteiger charge is 2.05. The molecule has 2 rings (SSSR count). The van der Waals surface area contributed by atoms with Gasteiger partial charge < -0.3 is 10.1 Å². The third-order valence-electron chi connectivity index (χ3n) is 2.39. The number of aryl methyl sites for hydroxylation is 1. The van der Waals surface area contributed by atoms with Crippen molar-refractivity contribution in [3.8, 4) is 0 Å². The zero-order valence-corrected chi connectivity index (χ0v) is 8.54. The molecule has 2 N–H and O–H groups in total. The lowest BCUT2D eigenvalue weighted by Crippen LogP contribution is -2.04. The molecule has 2 heteroatoms. The summed E-state index contributed by atoms with van der Waals surface area (Å²) in [6, 6.07) is 8.31. The maximum Gasteiger partial charge on any atom is 0.0553 e. The molecule has 1 atom stereocenters.